The lowest BCUT2D eigenvalue weighted by molar-refractivity contribution is -0.260. The van der Waals surface area contributed by atoms with Crippen molar-refractivity contribution in [1.82, 2.24) is 0 Å². The summed E-state index contributed by atoms with van der Waals surface area (Å²) in [6, 6.07) is 0. The lowest BCUT2D eigenvalue weighted by Crippen LogP contribution is -2.34. The van der Waals surface area contributed by atoms with Crippen LogP contribution in [0.2, 0.25) is 0 Å². The first-order valence-electron chi connectivity index (χ1n) is 2.15. The third kappa shape index (κ3) is 2.77. The molecule has 0 bridgehead atoms. The number of halogens is 7. The van der Waals surface area contributed by atoms with Gasteiger partial charge in [-0.05, 0) is 0 Å². The second kappa shape index (κ2) is 2.71. The summed E-state index contributed by atoms with van der Waals surface area (Å²) in [7, 11) is 0. The Hall–Kier alpha value is -0.750. The van der Waals surface area contributed by atoms with Crippen LogP contribution in [0, 0.1) is 0 Å². The average Bonchev–Trinajstić information content (AvgIpc) is 1.56. The minimum atomic E-state index is -5.96. The van der Waals surface area contributed by atoms with Crippen LogP contribution in [0.1, 0.15) is 0 Å². The molecule has 11 heavy (non-hydrogen) atoms. The first-order chi connectivity index (χ1) is 4.67. The van der Waals surface area contributed by atoms with Crippen molar-refractivity contribution in [1.29, 1.82) is 0 Å². The monoisotopic (exact) mass is 182 g/mol. The molecule has 0 aliphatic carbocycles. The molecule has 0 N–H and O–H groups in total. The van der Waals surface area contributed by atoms with Crippen molar-refractivity contribution in [2.75, 3.05) is 0 Å². The number of rotatable bonds is 1. The highest BCUT2D eigenvalue weighted by atomic mass is 19.4. The minimum Gasteiger partial charge on any atom is -0.191 e. The van der Waals surface area contributed by atoms with E-state index in [1.165, 1.54) is 0 Å². The molecule has 0 radical (unpaired) electrons. The van der Waals surface area contributed by atoms with Crippen LogP contribution in [0.3, 0.4) is 0 Å². The molecule has 0 fully saturated rings. The second-order valence-corrected chi connectivity index (χ2v) is 1.55. The van der Waals surface area contributed by atoms with Crippen LogP contribution < -0.4 is 0 Å². The molecule has 0 amide bonds. The highest BCUT2D eigenvalue weighted by Crippen LogP contribution is 2.37. The summed E-state index contributed by atoms with van der Waals surface area (Å²) in [6.45, 7) is 0. The van der Waals surface area contributed by atoms with Crippen LogP contribution in [-0.2, 0) is 0 Å². The van der Waals surface area contributed by atoms with Gasteiger partial charge in [0.05, 0.1) is 6.08 Å². The molecule has 0 aliphatic heterocycles. The van der Waals surface area contributed by atoms with Crippen LogP contribution in [0.25, 0.3) is 0 Å². The van der Waals surface area contributed by atoms with E-state index in [2.05, 4.69) is 0 Å². The molecule has 0 aliphatic rings. The van der Waals surface area contributed by atoms with E-state index in [-0.39, 0.29) is 0 Å². The highest BCUT2D eigenvalue weighted by Gasteiger charge is 2.56. The minimum absolute atomic E-state index is 1.44. The third-order valence-electron chi connectivity index (χ3n) is 0.668. The van der Waals surface area contributed by atoms with Gasteiger partial charge in [0.1, 0.15) is 0 Å². The maximum atomic E-state index is 11.5. The Bertz CT molecular complexity index is 160. The zero-order valence-electron chi connectivity index (χ0n) is 4.72. The van der Waals surface area contributed by atoms with Crippen molar-refractivity contribution >= 4 is 0 Å². The van der Waals surface area contributed by atoms with Gasteiger partial charge in [-0.2, -0.15) is 30.7 Å². The van der Waals surface area contributed by atoms with E-state index in [1.807, 2.05) is 0 Å². The standard InChI is InChI=1S/C4HF7/c5-2(6)1-3(7,8)4(9,10)11/h1H. The van der Waals surface area contributed by atoms with Crippen molar-refractivity contribution in [2.24, 2.45) is 0 Å². The Balaban J connectivity index is 4.61. The van der Waals surface area contributed by atoms with Gasteiger partial charge in [-0.15, -0.1) is 0 Å². The Morgan fingerprint density at radius 1 is 0.909 bits per heavy atom. The number of alkyl halides is 5. The van der Waals surface area contributed by atoms with Crippen LogP contribution in [-0.4, -0.2) is 12.1 Å². The lowest BCUT2D eigenvalue weighted by Gasteiger charge is -2.14. The van der Waals surface area contributed by atoms with Crippen molar-refractivity contribution in [3.63, 3.8) is 0 Å². The normalized spacial score (nSPS) is 13.0. The summed E-state index contributed by atoms with van der Waals surface area (Å²) in [4.78, 5) is 0. The van der Waals surface area contributed by atoms with Crippen molar-refractivity contribution < 1.29 is 30.7 Å². The summed E-state index contributed by atoms with van der Waals surface area (Å²) >= 11 is 0. The van der Waals surface area contributed by atoms with Gasteiger partial charge in [-0.1, -0.05) is 0 Å². The molecule has 0 aromatic carbocycles. The van der Waals surface area contributed by atoms with Gasteiger partial charge in [0.15, 0.2) is 0 Å². The Kier molecular flexibility index (Phi) is 2.52. The van der Waals surface area contributed by atoms with Gasteiger partial charge in [0.25, 0.3) is 6.08 Å². The van der Waals surface area contributed by atoms with Gasteiger partial charge in [-0.25, -0.2) is 0 Å². The fraction of sp³-hybridized carbons (Fsp3) is 0.500. The first kappa shape index (κ1) is 10.2. The van der Waals surface area contributed by atoms with E-state index in [4.69, 9.17) is 0 Å². The lowest BCUT2D eigenvalue weighted by atomic mass is 10.3. The van der Waals surface area contributed by atoms with E-state index < -0.39 is 24.3 Å². The SMILES string of the molecule is FC(F)=CC(F)(F)C(F)(F)F. The van der Waals surface area contributed by atoms with Gasteiger partial charge < -0.3 is 0 Å². The number of allylic oxidation sites excluding steroid dienone is 1. The molecule has 0 rings (SSSR count). The topological polar surface area (TPSA) is 0 Å². The van der Waals surface area contributed by atoms with Crippen molar-refractivity contribution in [2.45, 2.75) is 12.1 Å². The summed E-state index contributed by atoms with van der Waals surface area (Å²) in [6.07, 6.45) is -10.5. The predicted molar refractivity (Wildman–Crippen MR) is 21.3 cm³/mol. The van der Waals surface area contributed by atoms with Gasteiger partial charge in [-0.3, -0.25) is 0 Å². The fourth-order valence-corrected chi connectivity index (χ4v) is 0.219. The van der Waals surface area contributed by atoms with E-state index in [1.54, 1.807) is 0 Å². The molecule has 7 heteroatoms. The molecule has 0 spiro atoms. The summed E-state index contributed by atoms with van der Waals surface area (Å²) in [5.41, 5.74) is 0. The molecular weight excluding hydrogens is 181 g/mol. The molecule has 0 heterocycles. The van der Waals surface area contributed by atoms with Gasteiger partial charge >= 0.3 is 12.1 Å². The highest BCUT2D eigenvalue weighted by molar-refractivity contribution is 4.99. The van der Waals surface area contributed by atoms with Crippen LogP contribution >= 0.6 is 0 Å². The third-order valence-corrected chi connectivity index (χ3v) is 0.668. The summed E-state index contributed by atoms with van der Waals surface area (Å²) in [5, 5.41) is 0. The molecular formula is C4HF7. The maximum Gasteiger partial charge on any atom is 0.457 e. The van der Waals surface area contributed by atoms with E-state index in [0.29, 0.717) is 0 Å². The largest absolute Gasteiger partial charge is 0.457 e. The Morgan fingerprint density at radius 2 is 1.27 bits per heavy atom. The van der Waals surface area contributed by atoms with Gasteiger partial charge in [0, 0.05) is 0 Å². The molecule has 0 aromatic heterocycles. The number of hydrogen-bond acceptors (Lipinski definition) is 0. The van der Waals surface area contributed by atoms with Gasteiger partial charge in [0.2, 0.25) is 0 Å². The smallest absolute Gasteiger partial charge is 0.191 e. The van der Waals surface area contributed by atoms with Crippen LogP contribution in [0.5, 0.6) is 0 Å². The quantitative estimate of drug-likeness (QED) is 0.547. The fourth-order valence-electron chi connectivity index (χ4n) is 0.219. The van der Waals surface area contributed by atoms with E-state index in [9.17, 15) is 30.7 Å². The zero-order chi connectivity index (χ0) is 9.28. The molecule has 0 atom stereocenters. The average molecular weight is 182 g/mol. The Morgan fingerprint density at radius 3 is 1.36 bits per heavy atom. The second-order valence-electron chi connectivity index (χ2n) is 1.55. The molecule has 0 unspecified atom stereocenters. The molecule has 0 nitrogen and oxygen atoms in total. The van der Waals surface area contributed by atoms with Crippen LogP contribution in [0.15, 0.2) is 12.2 Å². The summed E-state index contributed by atoms with van der Waals surface area (Å²) < 4.78 is 78.1. The summed E-state index contributed by atoms with van der Waals surface area (Å²) in [5.74, 6) is -5.45. The van der Waals surface area contributed by atoms with Crippen molar-refractivity contribution in [3.8, 4) is 0 Å². The number of hydrogen-bond donors (Lipinski definition) is 0. The molecule has 66 valence electrons. The molecule has 0 aromatic rings. The van der Waals surface area contributed by atoms with Crippen molar-refractivity contribution in [3.05, 3.63) is 12.2 Å². The molecule has 0 saturated carbocycles. The van der Waals surface area contributed by atoms with E-state index in [0.717, 1.165) is 0 Å². The molecule has 0 saturated heterocycles. The predicted octanol–water partition coefficient (Wildman–Crippen LogP) is 2.96. The maximum absolute atomic E-state index is 11.5. The zero-order valence-corrected chi connectivity index (χ0v) is 4.72. The first-order valence-corrected chi connectivity index (χ1v) is 2.15. The Labute approximate surface area is 56.3 Å². The van der Waals surface area contributed by atoms with E-state index >= 15 is 0 Å². The van der Waals surface area contributed by atoms with Crippen LogP contribution in [0.4, 0.5) is 30.7 Å².